The largest absolute Gasteiger partial charge is 0.377 e. The number of unbranched alkanes of at least 4 members (excludes halogenated alkanes) is 1. The molecule has 17 heavy (non-hydrogen) atoms. The fourth-order valence-corrected chi connectivity index (χ4v) is 2.10. The zero-order valence-electron chi connectivity index (χ0n) is 11.3. The summed E-state index contributed by atoms with van der Waals surface area (Å²) in [6.07, 6.45) is 6.52. The number of benzene rings is 1. The van der Waals surface area contributed by atoms with Gasteiger partial charge in [0.25, 0.3) is 0 Å². The Balaban J connectivity index is 1.95. The van der Waals surface area contributed by atoms with Gasteiger partial charge in [-0.1, -0.05) is 69.9 Å². The molecular formula is C16H26O. The lowest BCUT2D eigenvalue weighted by atomic mass is 9.99. The number of rotatable bonds is 9. The molecule has 0 aliphatic carbocycles. The Morgan fingerprint density at radius 2 is 1.82 bits per heavy atom. The van der Waals surface area contributed by atoms with Gasteiger partial charge in [0.1, 0.15) is 0 Å². The summed E-state index contributed by atoms with van der Waals surface area (Å²) in [4.78, 5) is 0. The van der Waals surface area contributed by atoms with Crippen molar-refractivity contribution in [3.8, 4) is 0 Å². The van der Waals surface area contributed by atoms with Crippen LogP contribution in [0.2, 0.25) is 0 Å². The lowest BCUT2D eigenvalue weighted by Crippen LogP contribution is -1.98. The minimum Gasteiger partial charge on any atom is -0.377 e. The number of hydrogen-bond acceptors (Lipinski definition) is 1. The van der Waals surface area contributed by atoms with Crippen LogP contribution in [0.15, 0.2) is 30.3 Å². The molecule has 1 unspecified atom stereocenters. The van der Waals surface area contributed by atoms with E-state index < -0.39 is 0 Å². The Hall–Kier alpha value is -0.820. The first-order valence-corrected chi connectivity index (χ1v) is 6.94. The predicted octanol–water partition coefficient (Wildman–Crippen LogP) is 4.81. The van der Waals surface area contributed by atoms with Gasteiger partial charge in [0.05, 0.1) is 6.61 Å². The summed E-state index contributed by atoms with van der Waals surface area (Å²) in [5.41, 5.74) is 1.27. The molecule has 0 spiro atoms. The third kappa shape index (κ3) is 7.17. The molecule has 0 fully saturated rings. The summed E-state index contributed by atoms with van der Waals surface area (Å²) in [5.74, 6) is 0.883. The fraction of sp³-hybridized carbons (Fsp3) is 0.625. The van der Waals surface area contributed by atoms with E-state index in [1.165, 1.54) is 37.7 Å². The van der Waals surface area contributed by atoms with E-state index in [4.69, 9.17) is 4.74 Å². The summed E-state index contributed by atoms with van der Waals surface area (Å²) in [6, 6.07) is 10.4. The second-order valence-corrected chi connectivity index (χ2v) is 4.93. The van der Waals surface area contributed by atoms with E-state index in [0.717, 1.165) is 19.1 Å². The van der Waals surface area contributed by atoms with Crippen molar-refractivity contribution >= 4 is 0 Å². The maximum Gasteiger partial charge on any atom is 0.0716 e. The van der Waals surface area contributed by atoms with E-state index >= 15 is 0 Å². The average molecular weight is 234 g/mol. The van der Waals surface area contributed by atoms with Crippen LogP contribution in [0.4, 0.5) is 0 Å². The van der Waals surface area contributed by atoms with Crippen LogP contribution in [-0.2, 0) is 11.3 Å². The van der Waals surface area contributed by atoms with Gasteiger partial charge in [-0.3, -0.25) is 0 Å². The van der Waals surface area contributed by atoms with Crippen molar-refractivity contribution in [2.75, 3.05) is 6.61 Å². The van der Waals surface area contributed by atoms with E-state index in [0.29, 0.717) is 0 Å². The highest BCUT2D eigenvalue weighted by Crippen LogP contribution is 2.13. The van der Waals surface area contributed by atoms with Crippen LogP contribution >= 0.6 is 0 Å². The van der Waals surface area contributed by atoms with E-state index in [2.05, 4.69) is 38.1 Å². The van der Waals surface area contributed by atoms with E-state index in [-0.39, 0.29) is 0 Å². The Morgan fingerprint density at radius 1 is 1.06 bits per heavy atom. The maximum atomic E-state index is 5.66. The molecule has 0 aliphatic heterocycles. The topological polar surface area (TPSA) is 9.23 Å². The molecular weight excluding hydrogens is 208 g/mol. The van der Waals surface area contributed by atoms with Crippen LogP contribution in [0.3, 0.4) is 0 Å². The molecule has 0 amide bonds. The third-order valence-corrected chi connectivity index (χ3v) is 3.13. The normalized spacial score (nSPS) is 12.6. The predicted molar refractivity (Wildman–Crippen MR) is 74.0 cm³/mol. The van der Waals surface area contributed by atoms with Gasteiger partial charge in [0.15, 0.2) is 0 Å². The van der Waals surface area contributed by atoms with Gasteiger partial charge < -0.3 is 4.74 Å². The highest BCUT2D eigenvalue weighted by molar-refractivity contribution is 5.13. The van der Waals surface area contributed by atoms with Gasteiger partial charge in [-0.15, -0.1) is 0 Å². The van der Waals surface area contributed by atoms with Crippen molar-refractivity contribution in [1.29, 1.82) is 0 Å². The van der Waals surface area contributed by atoms with Gasteiger partial charge in [-0.05, 0) is 17.9 Å². The van der Waals surface area contributed by atoms with Crippen LogP contribution in [0, 0.1) is 5.92 Å². The van der Waals surface area contributed by atoms with Crippen molar-refractivity contribution in [2.45, 2.75) is 52.6 Å². The SMILES string of the molecule is CCCC(C)CCCCOCc1ccccc1. The van der Waals surface area contributed by atoms with Crippen molar-refractivity contribution < 1.29 is 4.74 Å². The number of ether oxygens (including phenoxy) is 1. The monoisotopic (exact) mass is 234 g/mol. The molecule has 0 N–H and O–H groups in total. The molecule has 1 rings (SSSR count). The van der Waals surface area contributed by atoms with Gasteiger partial charge in [-0.25, -0.2) is 0 Å². The molecule has 0 aliphatic rings. The molecule has 1 atom stereocenters. The average Bonchev–Trinajstić information content (AvgIpc) is 2.35. The maximum absolute atomic E-state index is 5.66. The Kier molecular flexibility index (Phi) is 7.74. The van der Waals surface area contributed by atoms with Crippen molar-refractivity contribution in [3.05, 3.63) is 35.9 Å². The molecule has 0 saturated carbocycles. The molecule has 0 bridgehead atoms. The first kappa shape index (κ1) is 14.2. The summed E-state index contributed by atoms with van der Waals surface area (Å²) in [5, 5.41) is 0. The Labute approximate surface area is 106 Å². The first-order valence-electron chi connectivity index (χ1n) is 6.94. The summed E-state index contributed by atoms with van der Waals surface area (Å²) in [6.45, 7) is 6.27. The van der Waals surface area contributed by atoms with Gasteiger partial charge in [-0.2, -0.15) is 0 Å². The molecule has 1 aromatic rings. The number of hydrogen-bond donors (Lipinski definition) is 0. The van der Waals surface area contributed by atoms with E-state index in [9.17, 15) is 0 Å². The molecule has 1 heteroatoms. The lowest BCUT2D eigenvalue weighted by Gasteiger charge is -2.09. The zero-order valence-corrected chi connectivity index (χ0v) is 11.3. The van der Waals surface area contributed by atoms with Gasteiger partial charge in [0.2, 0.25) is 0 Å². The summed E-state index contributed by atoms with van der Waals surface area (Å²) >= 11 is 0. The standard InChI is InChI=1S/C16H26O/c1-3-9-15(2)10-7-8-13-17-14-16-11-5-4-6-12-16/h4-6,11-12,15H,3,7-10,13-14H2,1-2H3. The second kappa shape index (κ2) is 9.23. The molecule has 0 aromatic heterocycles. The minimum absolute atomic E-state index is 0.755. The summed E-state index contributed by atoms with van der Waals surface area (Å²) < 4.78 is 5.66. The van der Waals surface area contributed by atoms with E-state index in [1.807, 2.05) is 6.07 Å². The van der Waals surface area contributed by atoms with E-state index in [1.54, 1.807) is 0 Å². The van der Waals surface area contributed by atoms with Gasteiger partial charge >= 0.3 is 0 Å². The van der Waals surface area contributed by atoms with Gasteiger partial charge in [0, 0.05) is 6.61 Å². The first-order chi connectivity index (χ1) is 8.33. The third-order valence-electron chi connectivity index (χ3n) is 3.13. The fourth-order valence-electron chi connectivity index (χ4n) is 2.10. The molecule has 1 aromatic carbocycles. The molecule has 96 valence electrons. The van der Waals surface area contributed by atoms with Crippen molar-refractivity contribution in [2.24, 2.45) is 5.92 Å². The molecule has 1 nitrogen and oxygen atoms in total. The lowest BCUT2D eigenvalue weighted by molar-refractivity contribution is 0.116. The van der Waals surface area contributed by atoms with Crippen molar-refractivity contribution in [1.82, 2.24) is 0 Å². The Bertz CT molecular complexity index is 268. The van der Waals surface area contributed by atoms with Crippen LogP contribution in [0.25, 0.3) is 0 Å². The highest BCUT2D eigenvalue weighted by Gasteiger charge is 2.00. The smallest absolute Gasteiger partial charge is 0.0716 e. The zero-order chi connectivity index (χ0) is 12.3. The molecule has 0 saturated heterocycles. The Morgan fingerprint density at radius 3 is 2.53 bits per heavy atom. The van der Waals surface area contributed by atoms with Crippen LogP contribution in [-0.4, -0.2) is 6.61 Å². The molecule has 0 heterocycles. The highest BCUT2D eigenvalue weighted by atomic mass is 16.5. The van der Waals surface area contributed by atoms with Crippen LogP contribution in [0.1, 0.15) is 51.5 Å². The second-order valence-electron chi connectivity index (χ2n) is 4.93. The van der Waals surface area contributed by atoms with Crippen molar-refractivity contribution in [3.63, 3.8) is 0 Å². The molecule has 0 radical (unpaired) electrons. The van der Waals surface area contributed by atoms with Crippen LogP contribution in [0.5, 0.6) is 0 Å². The van der Waals surface area contributed by atoms with Crippen LogP contribution < -0.4 is 0 Å². The summed E-state index contributed by atoms with van der Waals surface area (Å²) in [7, 11) is 0. The quantitative estimate of drug-likeness (QED) is 0.557. The minimum atomic E-state index is 0.755.